The Morgan fingerprint density at radius 2 is 1.76 bits per heavy atom. The third-order valence-corrected chi connectivity index (χ3v) is 5.18. The van der Waals surface area contributed by atoms with Gasteiger partial charge in [0.2, 0.25) is 0 Å². The Labute approximate surface area is 130 Å². The van der Waals surface area contributed by atoms with Crippen molar-refractivity contribution in [2.45, 2.75) is 57.5 Å². The van der Waals surface area contributed by atoms with Crippen molar-refractivity contribution >= 4 is 0 Å². The zero-order chi connectivity index (χ0) is 15.2. The predicted octanol–water partition coefficient (Wildman–Crippen LogP) is 2.02. The second-order valence-corrected chi connectivity index (χ2v) is 7.39. The lowest BCUT2D eigenvalue weighted by molar-refractivity contribution is -0.0802. The Balaban J connectivity index is 1.84. The van der Waals surface area contributed by atoms with Gasteiger partial charge in [-0.25, -0.2) is 0 Å². The average molecular weight is 298 g/mol. The fourth-order valence-electron chi connectivity index (χ4n) is 4.09. The molecule has 1 heterocycles. The van der Waals surface area contributed by atoms with Gasteiger partial charge in [0.25, 0.3) is 0 Å². The van der Waals surface area contributed by atoms with Crippen molar-refractivity contribution in [1.82, 2.24) is 10.2 Å². The molecule has 0 aromatic rings. The van der Waals surface area contributed by atoms with E-state index in [-0.39, 0.29) is 0 Å². The SMILES string of the molecule is CCCNCC1(CN(C)CC2(O)CCOCC2)CCCC1. The highest BCUT2D eigenvalue weighted by Crippen LogP contribution is 2.38. The maximum atomic E-state index is 10.7. The summed E-state index contributed by atoms with van der Waals surface area (Å²) in [5.41, 5.74) is -0.116. The molecule has 2 aliphatic rings. The molecule has 4 nitrogen and oxygen atoms in total. The van der Waals surface area contributed by atoms with Gasteiger partial charge in [-0.15, -0.1) is 0 Å². The van der Waals surface area contributed by atoms with Crippen molar-refractivity contribution in [2.24, 2.45) is 5.41 Å². The number of rotatable bonds is 8. The first-order valence-corrected chi connectivity index (χ1v) is 8.77. The molecule has 4 heteroatoms. The molecular formula is C17H34N2O2. The summed E-state index contributed by atoms with van der Waals surface area (Å²) in [4.78, 5) is 2.37. The molecule has 0 amide bonds. The van der Waals surface area contributed by atoms with Crippen LogP contribution in [0.2, 0.25) is 0 Å². The van der Waals surface area contributed by atoms with Crippen LogP contribution in [0.1, 0.15) is 51.9 Å². The zero-order valence-electron chi connectivity index (χ0n) is 14.0. The minimum atomic E-state index is -0.538. The molecule has 0 aromatic heterocycles. The molecule has 2 rings (SSSR count). The summed E-state index contributed by atoms with van der Waals surface area (Å²) >= 11 is 0. The third-order valence-electron chi connectivity index (χ3n) is 5.18. The predicted molar refractivity (Wildman–Crippen MR) is 86.6 cm³/mol. The van der Waals surface area contributed by atoms with Gasteiger partial charge in [0.15, 0.2) is 0 Å². The van der Waals surface area contributed by atoms with Crippen LogP contribution in [-0.4, -0.2) is 62.0 Å². The molecule has 0 spiro atoms. The van der Waals surface area contributed by atoms with E-state index >= 15 is 0 Å². The fraction of sp³-hybridized carbons (Fsp3) is 1.00. The topological polar surface area (TPSA) is 44.7 Å². The summed E-state index contributed by atoms with van der Waals surface area (Å²) in [7, 11) is 2.17. The highest BCUT2D eigenvalue weighted by atomic mass is 16.5. The van der Waals surface area contributed by atoms with Crippen LogP contribution in [0.25, 0.3) is 0 Å². The molecule has 2 fully saturated rings. The van der Waals surface area contributed by atoms with E-state index in [4.69, 9.17) is 4.74 Å². The molecule has 1 saturated heterocycles. The van der Waals surface area contributed by atoms with Crippen molar-refractivity contribution < 1.29 is 9.84 Å². The molecule has 21 heavy (non-hydrogen) atoms. The summed E-state index contributed by atoms with van der Waals surface area (Å²) in [6.45, 7) is 7.76. The highest BCUT2D eigenvalue weighted by Gasteiger charge is 2.37. The van der Waals surface area contributed by atoms with Crippen LogP contribution in [0, 0.1) is 5.41 Å². The van der Waals surface area contributed by atoms with Crippen molar-refractivity contribution in [3.63, 3.8) is 0 Å². The van der Waals surface area contributed by atoms with E-state index in [0.29, 0.717) is 18.6 Å². The smallest absolute Gasteiger partial charge is 0.0817 e. The fourth-order valence-corrected chi connectivity index (χ4v) is 4.09. The van der Waals surface area contributed by atoms with Gasteiger partial charge in [-0.3, -0.25) is 0 Å². The first kappa shape index (κ1) is 17.2. The number of nitrogens with one attached hydrogen (secondary N) is 1. The minimum Gasteiger partial charge on any atom is -0.388 e. The van der Waals surface area contributed by atoms with E-state index in [0.717, 1.165) is 39.0 Å². The van der Waals surface area contributed by atoms with E-state index in [1.807, 2.05) is 0 Å². The highest BCUT2D eigenvalue weighted by molar-refractivity contribution is 4.91. The standard InChI is InChI=1S/C17H34N2O2/c1-3-10-18-13-16(6-4-5-7-16)14-19(2)15-17(20)8-11-21-12-9-17/h18,20H,3-15H2,1-2H3. The molecule has 0 atom stereocenters. The molecule has 0 unspecified atom stereocenters. The van der Waals surface area contributed by atoms with Gasteiger partial charge in [-0.2, -0.15) is 0 Å². The van der Waals surface area contributed by atoms with Crippen molar-refractivity contribution in [3.05, 3.63) is 0 Å². The molecule has 0 aromatic carbocycles. The molecule has 124 valence electrons. The van der Waals surface area contributed by atoms with E-state index in [9.17, 15) is 5.11 Å². The third kappa shape index (κ3) is 5.20. The molecule has 1 aliphatic carbocycles. The number of hydrogen-bond acceptors (Lipinski definition) is 4. The van der Waals surface area contributed by atoms with Gasteiger partial charge in [-0.1, -0.05) is 19.8 Å². The monoisotopic (exact) mass is 298 g/mol. The normalized spacial score (nSPS) is 24.6. The minimum absolute atomic E-state index is 0.422. The van der Waals surface area contributed by atoms with E-state index in [1.165, 1.54) is 32.1 Å². The number of hydrogen-bond donors (Lipinski definition) is 2. The van der Waals surface area contributed by atoms with Gasteiger partial charge >= 0.3 is 0 Å². The maximum Gasteiger partial charge on any atom is 0.0817 e. The molecule has 1 aliphatic heterocycles. The number of nitrogens with zero attached hydrogens (tertiary/aromatic N) is 1. The van der Waals surface area contributed by atoms with Crippen LogP contribution in [0.4, 0.5) is 0 Å². The Hall–Kier alpha value is -0.160. The summed E-state index contributed by atoms with van der Waals surface area (Å²) in [5, 5.41) is 14.3. The van der Waals surface area contributed by atoms with Crippen LogP contribution >= 0.6 is 0 Å². The lowest BCUT2D eigenvalue weighted by atomic mass is 9.84. The van der Waals surface area contributed by atoms with E-state index in [2.05, 4.69) is 24.2 Å². The van der Waals surface area contributed by atoms with Gasteiger partial charge in [0.1, 0.15) is 0 Å². The molecule has 1 saturated carbocycles. The molecular weight excluding hydrogens is 264 g/mol. The molecule has 0 radical (unpaired) electrons. The summed E-state index contributed by atoms with van der Waals surface area (Å²) in [6.07, 6.45) is 8.13. The Kier molecular flexibility index (Phi) is 6.48. The van der Waals surface area contributed by atoms with Gasteiger partial charge in [0.05, 0.1) is 5.60 Å². The number of ether oxygens (including phenoxy) is 1. The first-order valence-electron chi connectivity index (χ1n) is 8.77. The van der Waals surface area contributed by atoms with Crippen LogP contribution < -0.4 is 5.32 Å². The zero-order valence-corrected chi connectivity index (χ0v) is 14.0. The summed E-state index contributed by atoms with van der Waals surface area (Å²) in [6, 6.07) is 0. The molecule has 0 bridgehead atoms. The Morgan fingerprint density at radius 3 is 2.38 bits per heavy atom. The maximum absolute atomic E-state index is 10.7. The largest absolute Gasteiger partial charge is 0.388 e. The molecule has 2 N–H and O–H groups in total. The van der Waals surface area contributed by atoms with E-state index < -0.39 is 5.60 Å². The second kappa shape index (κ2) is 7.91. The van der Waals surface area contributed by atoms with Crippen molar-refractivity contribution in [1.29, 1.82) is 0 Å². The first-order chi connectivity index (χ1) is 10.1. The summed E-state index contributed by atoms with van der Waals surface area (Å²) in [5.74, 6) is 0. The van der Waals surface area contributed by atoms with Crippen molar-refractivity contribution in [3.8, 4) is 0 Å². The van der Waals surface area contributed by atoms with Crippen LogP contribution in [0.3, 0.4) is 0 Å². The lowest BCUT2D eigenvalue weighted by Gasteiger charge is -2.39. The van der Waals surface area contributed by atoms with Crippen LogP contribution in [0.5, 0.6) is 0 Å². The van der Waals surface area contributed by atoms with Crippen molar-refractivity contribution in [2.75, 3.05) is 46.4 Å². The Morgan fingerprint density at radius 1 is 1.10 bits per heavy atom. The van der Waals surface area contributed by atoms with Gasteiger partial charge in [0, 0.05) is 45.7 Å². The lowest BCUT2D eigenvalue weighted by Crippen LogP contribution is -2.49. The average Bonchev–Trinajstić information content (AvgIpc) is 2.87. The van der Waals surface area contributed by atoms with Gasteiger partial charge < -0.3 is 20.1 Å². The second-order valence-electron chi connectivity index (χ2n) is 7.39. The van der Waals surface area contributed by atoms with Crippen LogP contribution in [-0.2, 0) is 4.74 Å². The van der Waals surface area contributed by atoms with Crippen LogP contribution in [0.15, 0.2) is 0 Å². The quantitative estimate of drug-likeness (QED) is 0.673. The van der Waals surface area contributed by atoms with E-state index in [1.54, 1.807) is 0 Å². The number of likely N-dealkylation sites (N-methyl/N-ethyl adjacent to an activating group) is 1. The summed E-state index contributed by atoms with van der Waals surface area (Å²) < 4.78 is 5.38. The van der Waals surface area contributed by atoms with Gasteiger partial charge in [-0.05, 0) is 38.3 Å². The number of aliphatic hydroxyl groups is 1. The Bertz CT molecular complexity index is 297.